The van der Waals surface area contributed by atoms with Gasteiger partial charge in [0.1, 0.15) is 19.0 Å². The molecule has 0 saturated carbocycles. The van der Waals surface area contributed by atoms with Gasteiger partial charge >= 0.3 is 0 Å². The topological polar surface area (TPSA) is 40.0 Å². The molecule has 0 spiro atoms. The summed E-state index contributed by atoms with van der Waals surface area (Å²) in [5.41, 5.74) is 0.921. The minimum atomic E-state index is -0.829. The first-order valence-corrected chi connectivity index (χ1v) is 9.92. The highest BCUT2D eigenvalue weighted by molar-refractivity contribution is 6.37. The van der Waals surface area contributed by atoms with Crippen molar-refractivity contribution in [3.8, 4) is 11.5 Å². The zero-order chi connectivity index (χ0) is 20.1. The Morgan fingerprint density at radius 3 is 2.19 bits per heavy atom. The molecular weight excluding hydrogens is 416 g/mol. The summed E-state index contributed by atoms with van der Waals surface area (Å²) < 4.78 is 23.4. The average molecular weight is 441 g/mol. The molecule has 1 rings (SSSR count). The van der Waals surface area contributed by atoms with Crippen molar-refractivity contribution in [1.29, 1.82) is 0 Å². The first-order valence-electron chi connectivity index (χ1n) is 8.79. The van der Waals surface area contributed by atoms with E-state index in [9.17, 15) is 4.39 Å². The Balaban J connectivity index is 2.24. The highest BCUT2D eigenvalue weighted by atomic mass is 35.5. The van der Waals surface area contributed by atoms with Gasteiger partial charge in [-0.25, -0.2) is 0 Å². The molecule has 0 aliphatic rings. The van der Waals surface area contributed by atoms with Gasteiger partial charge in [0, 0.05) is 18.2 Å². The molecule has 8 heteroatoms. The summed E-state index contributed by atoms with van der Waals surface area (Å²) in [7, 11) is 0. The van der Waals surface area contributed by atoms with E-state index >= 15 is 0 Å². The van der Waals surface area contributed by atoms with Crippen LogP contribution in [-0.2, 0) is 4.84 Å². The fourth-order valence-corrected chi connectivity index (χ4v) is 2.75. The van der Waals surface area contributed by atoms with Gasteiger partial charge in [-0.1, -0.05) is 52.8 Å². The lowest BCUT2D eigenvalue weighted by molar-refractivity contribution is 0.139. The van der Waals surface area contributed by atoms with Gasteiger partial charge in [0.2, 0.25) is 0 Å². The maximum Gasteiger partial charge on any atom is 0.188 e. The Hall–Kier alpha value is -1.17. The Labute approximate surface area is 175 Å². The fraction of sp³-hybridized carbons (Fsp3) is 0.526. The van der Waals surface area contributed by atoms with E-state index in [0.29, 0.717) is 34.8 Å². The number of hydrogen-bond acceptors (Lipinski definition) is 4. The molecule has 0 fully saturated rings. The monoisotopic (exact) mass is 439 g/mol. The molecule has 0 amide bonds. The number of oxime groups is 1. The Morgan fingerprint density at radius 2 is 1.59 bits per heavy atom. The predicted molar refractivity (Wildman–Crippen MR) is 110 cm³/mol. The van der Waals surface area contributed by atoms with Crippen molar-refractivity contribution in [1.82, 2.24) is 0 Å². The number of benzene rings is 1. The minimum Gasteiger partial charge on any atom is -0.490 e. The van der Waals surface area contributed by atoms with Crippen molar-refractivity contribution in [2.75, 3.05) is 19.8 Å². The van der Waals surface area contributed by atoms with Gasteiger partial charge in [-0.05, 0) is 33.1 Å². The SMILES string of the molecule is CC(C)=NOCCCCCCCOc1c(Cl)cc(OC/C=C(\F)Cl)cc1Cl. The largest absolute Gasteiger partial charge is 0.490 e. The second-order valence-electron chi connectivity index (χ2n) is 6.01. The normalized spacial score (nSPS) is 11.3. The maximum atomic E-state index is 12.4. The second-order valence-corrected chi connectivity index (χ2v) is 7.18. The lowest BCUT2D eigenvalue weighted by Crippen LogP contribution is -2.00. The maximum absolute atomic E-state index is 12.4. The van der Waals surface area contributed by atoms with Crippen molar-refractivity contribution in [2.45, 2.75) is 46.0 Å². The van der Waals surface area contributed by atoms with Crippen LogP contribution in [-0.4, -0.2) is 25.5 Å². The number of hydrogen-bond donors (Lipinski definition) is 0. The Kier molecular flexibility index (Phi) is 12.3. The Morgan fingerprint density at radius 1 is 1.00 bits per heavy atom. The summed E-state index contributed by atoms with van der Waals surface area (Å²) in [5, 5.41) is 3.75. The standard InChI is InChI=1S/C19H25Cl3FNO3/c1-14(2)24-27-10-7-5-3-4-6-9-26-19-16(20)12-15(13-17(19)21)25-11-8-18(22)23/h8,12-13H,3-7,9-11H2,1-2H3/b18-8-. The van der Waals surface area contributed by atoms with Gasteiger partial charge in [0.25, 0.3) is 0 Å². The molecule has 27 heavy (non-hydrogen) atoms. The molecule has 0 bridgehead atoms. The number of ether oxygens (including phenoxy) is 2. The molecule has 0 N–H and O–H groups in total. The van der Waals surface area contributed by atoms with Gasteiger partial charge in [0.15, 0.2) is 11.0 Å². The molecule has 152 valence electrons. The smallest absolute Gasteiger partial charge is 0.188 e. The van der Waals surface area contributed by atoms with Gasteiger partial charge in [0.05, 0.1) is 22.4 Å². The zero-order valence-electron chi connectivity index (χ0n) is 15.6. The minimum absolute atomic E-state index is 0.0162. The van der Waals surface area contributed by atoms with Crippen LogP contribution >= 0.6 is 34.8 Å². The number of unbranched alkanes of at least 4 members (excludes halogenated alkanes) is 4. The van der Waals surface area contributed by atoms with E-state index in [4.69, 9.17) is 49.1 Å². The molecule has 0 aliphatic carbocycles. The first kappa shape index (κ1) is 23.9. The highest BCUT2D eigenvalue weighted by Crippen LogP contribution is 2.37. The van der Waals surface area contributed by atoms with Crippen molar-refractivity contribution in [3.05, 3.63) is 33.5 Å². The Bertz CT molecular complexity index is 608. The average Bonchev–Trinajstić information content (AvgIpc) is 2.58. The van der Waals surface area contributed by atoms with E-state index in [0.717, 1.165) is 43.9 Å². The van der Waals surface area contributed by atoms with Gasteiger partial charge < -0.3 is 14.3 Å². The van der Waals surface area contributed by atoms with Crippen LogP contribution in [0.2, 0.25) is 10.0 Å². The fourth-order valence-electron chi connectivity index (χ4n) is 2.11. The van der Waals surface area contributed by atoms with Crippen LogP contribution in [0.5, 0.6) is 11.5 Å². The number of rotatable bonds is 13. The van der Waals surface area contributed by atoms with Crippen LogP contribution in [0.1, 0.15) is 46.0 Å². The summed E-state index contributed by atoms with van der Waals surface area (Å²) in [5.74, 6) is 0.835. The van der Waals surface area contributed by atoms with Crippen LogP contribution in [0, 0.1) is 0 Å². The predicted octanol–water partition coefficient (Wildman–Crippen LogP) is 7.16. The third-order valence-electron chi connectivity index (χ3n) is 3.33. The van der Waals surface area contributed by atoms with Crippen LogP contribution in [0.4, 0.5) is 4.39 Å². The van der Waals surface area contributed by atoms with E-state index in [2.05, 4.69) is 5.16 Å². The van der Waals surface area contributed by atoms with Crippen molar-refractivity contribution in [3.63, 3.8) is 0 Å². The highest BCUT2D eigenvalue weighted by Gasteiger charge is 2.10. The van der Waals surface area contributed by atoms with Gasteiger partial charge in [-0.15, -0.1) is 0 Å². The van der Waals surface area contributed by atoms with Crippen LogP contribution in [0.15, 0.2) is 28.7 Å². The van der Waals surface area contributed by atoms with Crippen LogP contribution in [0.3, 0.4) is 0 Å². The lowest BCUT2D eigenvalue weighted by Gasteiger charge is -2.12. The molecule has 1 aromatic rings. The van der Waals surface area contributed by atoms with E-state index in [1.165, 1.54) is 0 Å². The molecule has 0 aliphatic heterocycles. The molecule has 0 atom stereocenters. The van der Waals surface area contributed by atoms with E-state index < -0.39 is 5.29 Å². The molecule has 0 heterocycles. The van der Waals surface area contributed by atoms with E-state index in [1.807, 2.05) is 13.8 Å². The third-order valence-corrected chi connectivity index (χ3v) is 4.05. The molecule has 0 radical (unpaired) electrons. The summed E-state index contributed by atoms with van der Waals surface area (Å²) in [6, 6.07) is 3.15. The number of halogens is 4. The van der Waals surface area contributed by atoms with Crippen LogP contribution in [0.25, 0.3) is 0 Å². The molecule has 0 unspecified atom stereocenters. The molecule has 1 aromatic carbocycles. The molecule has 0 saturated heterocycles. The molecule has 0 aromatic heterocycles. The van der Waals surface area contributed by atoms with Crippen molar-refractivity contribution >= 4 is 40.5 Å². The zero-order valence-corrected chi connectivity index (χ0v) is 17.8. The van der Waals surface area contributed by atoms with Gasteiger partial charge in [-0.2, -0.15) is 4.39 Å². The van der Waals surface area contributed by atoms with Crippen molar-refractivity contribution < 1.29 is 18.7 Å². The summed E-state index contributed by atoms with van der Waals surface area (Å²) in [6.07, 6.45) is 6.21. The van der Waals surface area contributed by atoms with E-state index in [1.54, 1.807) is 12.1 Å². The van der Waals surface area contributed by atoms with Gasteiger partial charge in [-0.3, -0.25) is 0 Å². The number of nitrogens with zero attached hydrogens (tertiary/aromatic N) is 1. The van der Waals surface area contributed by atoms with Crippen molar-refractivity contribution in [2.24, 2.45) is 5.16 Å². The van der Waals surface area contributed by atoms with E-state index in [-0.39, 0.29) is 6.61 Å². The molecular formula is C19H25Cl3FNO3. The second kappa shape index (κ2) is 13.9. The third kappa shape index (κ3) is 11.3. The van der Waals surface area contributed by atoms with Crippen LogP contribution < -0.4 is 9.47 Å². The lowest BCUT2D eigenvalue weighted by atomic mass is 10.1. The quantitative estimate of drug-likeness (QED) is 0.185. The molecule has 4 nitrogen and oxygen atoms in total. The first-order chi connectivity index (χ1) is 12.9. The summed E-state index contributed by atoms with van der Waals surface area (Å²) in [6.45, 7) is 4.96. The summed E-state index contributed by atoms with van der Waals surface area (Å²) >= 11 is 17.5. The summed E-state index contributed by atoms with van der Waals surface area (Å²) in [4.78, 5) is 5.15.